The number of halogens is 1. The number of pyridine rings is 2. The smallest absolute Gasteiger partial charge is 0.414 e. The van der Waals surface area contributed by atoms with Crippen LogP contribution in [0, 0.1) is 15.9 Å². The fourth-order valence-corrected chi connectivity index (χ4v) is 5.71. The molecule has 6 rings (SSSR count). The number of cyclic esters (lactones) is 1. The summed E-state index contributed by atoms with van der Waals surface area (Å²) in [5, 5.41) is 11.2. The highest BCUT2D eigenvalue weighted by atomic mass is 19.1. The van der Waals surface area contributed by atoms with Crippen molar-refractivity contribution in [1.82, 2.24) is 14.9 Å². The molecule has 0 unspecified atom stereocenters. The van der Waals surface area contributed by atoms with Gasteiger partial charge in [0.25, 0.3) is 5.69 Å². The number of hydrogen-bond acceptors (Lipinski definition) is 13. The summed E-state index contributed by atoms with van der Waals surface area (Å²) in [5.74, 6) is -0.410. The number of aromatic nitrogens is 2. The van der Waals surface area contributed by atoms with Crippen molar-refractivity contribution in [2.24, 2.45) is 0 Å². The molecule has 0 radical (unpaired) electrons. The Morgan fingerprint density at radius 2 is 1.83 bits per heavy atom. The van der Waals surface area contributed by atoms with Crippen LogP contribution in [0.1, 0.15) is 43.1 Å². The summed E-state index contributed by atoms with van der Waals surface area (Å²) in [4.78, 5) is 62.0. The molecule has 2 aromatic carbocycles. The summed E-state index contributed by atoms with van der Waals surface area (Å²) >= 11 is 0. The van der Waals surface area contributed by atoms with E-state index >= 15 is 4.39 Å². The summed E-state index contributed by atoms with van der Waals surface area (Å²) in [7, 11) is 1.41. The highest BCUT2D eigenvalue weighted by Gasteiger charge is 2.40. The molecule has 16 nitrogen and oxygen atoms in total. The maximum Gasteiger partial charge on any atom is 0.414 e. The number of anilines is 1. The van der Waals surface area contributed by atoms with E-state index in [0.29, 0.717) is 35.9 Å². The third-order valence-electron chi connectivity index (χ3n) is 8.29. The van der Waals surface area contributed by atoms with Gasteiger partial charge in [-0.05, 0) is 51.1 Å². The van der Waals surface area contributed by atoms with E-state index in [-0.39, 0.29) is 54.3 Å². The van der Waals surface area contributed by atoms with Gasteiger partial charge in [0.1, 0.15) is 36.3 Å². The van der Waals surface area contributed by atoms with E-state index < -0.39 is 46.7 Å². The van der Waals surface area contributed by atoms with Crippen molar-refractivity contribution < 1.29 is 52.1 Å². The number of carbonyl (C=O) groups excluding carboxylic acids is 3. The molecule has 0 spiro atoms. The minimum Gasteiger partial charge on any atom is -0.486 e. The minimum atomic E-state index is -1.16. The first-order chi connectivity index (χ1) is 25.3. The Labute approximate surface area is 302 Å². The fraction of sp³-hybridized carbons (Fsp3) is 0.361. The Morgan fingerprint density at radius 1 is 1.09 bits per heavy atom. The molecule has 1 fully saturated rings. The number of rotatable bonds is 11. The molecule has 4 aromatic rings. The highest BCUT2D eigenvalue weighted by molar-refractivity contribution is 5.91. The predicted molar refractivity (Wildman–Crippen MR) is 185 cm³/mol. The van der Waals surface area contributed by atoms with Gasteiger partial charge in [-0.2, -0.15) is 0 Å². The number of benzene rings is 2. The van der Waals surface area contributed by atoms with Gasteiger partial charge < -0.3 is 33.3 Å². The van der Waals surface area contributed by atoms with E-state index in [0.717, 1.165) is 18.3 Å². The molecule has 0 bridgehead atoms. The number of nitro groups is 1. The van der Waals surface area contributed by atoms with Crippen molar-refractivity contribution in [2.75, 3.05) is 38.3 Å². The largest absolute Gasteiger partial charge is 0.486 e. The van der Waals surface area contributed by atoms with Gasteiger partial charge in [-0.25, -0.2) is 23.8 Å². The maximum atomic E-state index is 15.4. The zero-order valence-electron chi connectivity index (χ0n) is 29.3. The van der Waals surface area contributed by atoms with Gasteiger partial charge in [0.15, 0.2) is 17.6 Å². The van der Waals surface area contributed by atoms with Crippen molar-refractivity contribution in [1.29, 1.82) is 0 Å². The molecule has 2 atom stereocenters. The lowest BCUT2D eigenvalue weighted by atomic mass is 10.1. The van der Waals surface area contributed by atoms with E-state index in [9.17, 15) is 24.5 Å². The summed E-state index contributed by atoms with van der Waals surface area (Å²) in [6.45, 7) is 5.20. The zero-order chi connectivity index (χ0) is 37.9. The number of nitro benzene ring substituents is 1. The number of methoxy groups -OCH3 is 1. The molecule has 2 amide bonds. The number of esters is 1. The first-order valence-electron chi connectivity index (χ1n) is 16.6. The van der Waals surface area contributed by atoms with Crippen LogP contribution in [0.25, 0.3) is 11.0 Å². The average Bonchev–Trinajstić information content (AvgIpc) is 3.53. The molecule has 0 saturated carbocycles. The minimum absolute atomic E-state index is 0.00274. The summed E-state index contributed by atoms with van der Waals surface area (Å²) < 4.78 is 49.2. The molecule has 2 aliphatic heterocycles. The standard InChI is InChI=1S/C36H36FN5O11/c1-36(2,3)53-34(44)40(19-24-25(37)18-38-26-10-12-31(48-4)39-32(24)26)14-13-28(51-33(43)21-5-7-22(8-6-21)42(46)47)30-20-41(35(45)52-30)23-9-11-27-29(17-23)50-16-15-49-27/h5-12,17-18,28,30H,13-16,19-20H2,1-4H3/t28-,30+/m1/s1. The predicted octanol–water partition coefficient (Wildman–Crippen LogP) is 5.84. The molecule has 53 heavy (non-hydrogen) atoms. The topological polar surface area (TPSA) is 182 Å². The van der Waals surface area contributed by atoms with Crippen molar-refractivity contribution in [3.63, 3.8) is 0 Å². The Kier molecular flexibility index (Phi) is 10.4. The number of hydrogen-bond donors (Lipinski definition) is 0. The molecule has 2 aliphatic rings. The maximum absolute atomic E-state index is 15.4. The van der Waals surface area contributed by atoms with E-state index in [1.165, 1.54) is 29.0 Å². The Balaban J connectivity index is 1.30. The van der Waals surface area contributed by atoms with Crippen LogP contribution in [0.3, 0.4) is 0 Å². The number of carbonyl (C=O) groups is 3. The molecule has 278 valence electrons. The molecular formula is C36H36FN5O11. The molecule has 2 aromatic heterocycles. The summed E-state index contributed by atoms with van der Waals surface area (Å²) in [6.07, 6.45) is -2.80. The first-order valence-corrected chi connectivity index (χ1v) is 16.6. The first kappa shape index (κ1) is 36.5. The van der Waals surface area contributed by atoms with Gasteiger partial charge in [0.2, 0.25) is 5.88 Å². The lowest BCUT2D eigenvalue weighted by Gasteiger charge is -2.30. The number of ether oxygens (including phenoxy) is 6. The van der Waals surface area contributed by atoms with Crippen molar-refractivity contribution in [3.8, 4) is 17.4 Å². The van der Waals surface area contributed by atoms with Crippen LogP contribution >= 0.6 is 0 Å². The van der Waals surface area contributed by atoms with Crippen LogP contribution < -0.4 is 19.1 Å². The van der Waals surface area contributed by atoms with E-state index in [4.69, 9.17) is 28.4 Å². The van der Waals surface area contributed by atoms with E-state index in [1.54, 1.807) is 51.1 Å². The SMILES string of the molecule is COc1ccc2ncc(F)c(CN(CC[C@@H](OC(=O)c3ccc([N+](=O)[O-])cc3)[C@@H]3CN(c4ccc5c(c4)OCCO5)C(=O)O3)C(=O)OC(C)(C)C)c2n1. The monoisotopic (exact) mass is 733 g/mol. The molecule has 0 N–H and O–H groups in total. The number of non-ortho nitro benzene ring substituents is 1. The van der Waals surface area contributed by atoms with Gasteiger partial charge in [-0.1, -0.05) is 0 Å². The van der Waals surface area contributed by atoms with Crippen LogP contribution in [-0.4, -0.2) is 89.2 Å². The van der Waals surface area contributed by atoms with E-state index in [1.807, 2.05) is 0 Å². The number of nitrogens with zero attached hydrogens (tertiary/aromatic N) is 5. The van der Waals surface area contributed by atoms with Crippen LogP contribution in [0.2, 0.25) is 0 Å². The van der Waals surface area contributed by atoms with Crippen LogP contribution in [0.5, 0.6) is 17.4 Å². The van der Waals surface area contributed by atoms with Gasteiger partial charge in [-0.3, -0.25) is 20.0 Å². The lowest BCUT2D eigenvalue weighted by Crippen LogP contribution is -2.41. The van der Waals surface area contributed by atoms with Gasteiger partial charge in [0.05, 0.1) is 48.1 Å². The fourth-order valence-electron chi connectivity index (χ4n) is 5.71. The van der Waals surface area contributed by atoms with E-state index in [2.05, 4.69) is 9.97 Å². The Morgan fingerprint density at radius 3 is 2.53 bits per heavy atom. The van der Waals surface area contributed by atoms with Crippen LogP contribution in [0.15, 0.2) is 60.8 Å². The molecular weight excluding hydrogens is 697 g/mol. The Hall–Kier alpha value is -6.26. The van der Waals surface area contributed by atoms with Crippen molar-refractivity contribution in [3.05, 3.63) is 87.9 Å². The third kappa shape index (κ3) is 8.45. The second-order valence-electron chi connectivity index (χ2n) is 13.1. The van der Waals surface area contributed by atoms with Crippen molar-refractivity contribution in [2.45, 2.75) is 51.5 Å². The number of fused-ring (bicyclic) bond motifs is 2. The quantitative estimate of drug-likeness (QED) is 0.0777. The van der Waals surface area contributed by atoms with Crippen LogP contribution in [-0.2, 0) is 20.8 Å². The van der Waals surface area contributed by atoms with Gasteiger partial charge in [0, 0.05) is 42.8 Å². The summed E-state index contributed by atoms with van der Waals surface area (Å²) in [6, 6.07) is 12.9. The number of amides is 2. The summed E-state index contributed by atoms with van der Waals surface area (Å²) in [5.41, 5.74) is -0.145. The van der Waals surface area contributed by atoms with Gasteiger partial charge >= 0.3 is 18.2 Å². The molecule has 1 saturated heterocycles. The second kappa shape index (κ2) is 15.1. The van der Waals surface area contributed by atoms with Crippen LogP contribution in [0.4, 0.5) is 25.4 Å². The Bertz CT molecular complexity index is 2040. The van der Waals surface area contributed by atoms with Crippen molar-refractivity contribution >= 4 is 40.6 Å². The normalized spacial score (nSPS) is 15.8. The van der Waals surface area contributed by atoms with Gasteiger partial charge in [-0.15, -0.1) is 0 Å². The molecule has 17 heteroatoms. The third-order valence-corrected chi connectivity index (χ3v) is 8.29. The lowest BCUT2D eigenvalue weighted by molar-refractivity contribution is -0.384. The second-order valence-corrected chi connectivity index (χ2v) is 13.1. The zero-order valence-corrected chi connectivity index (χ0v) is 29.3. The average molecular weight is 734 g/mol. The highest BCUT2D eigenvalue weighted by Crippen LogP contribution is 2.36. The molecule has 0 aliphatic carbocycles. The molecule has 4 heterocycles.